The predicted molar refractivity (Wildman–Crippen MR) is 78.8 cm³/mol. The fraction of sp³-hybridized carbons (Fsp3) is 0.625. The van der Waals surface area contributed by atoms with Crippen molar-refractivity contribution in [3.05, 3.63) is 35.9 Å². The topological polar surface area (TPSA) is 32.5 Å². The smallest absolute Gasteiger partial charge is 0.0233 e. The molecule has 3 atom stereocenters. The minimum Gasteiger partial charge on any atom is -0.330 e. The molecule has 2 aliphatic heterocycles. The summed E-state index contributed by atoms with van der Waals surface area (Å²) in [6.07, 6.45) is 1.30. The van der Waals surface area contributed by atoms with E-state index < -0.39 is 0 Å². The molecule has 0 aliphatic carbocycles. The van der Waals surface area contributed by atoms with Crippen molar-refractivity contribution in [2.24, 2.45) is 17.6 Å². The monoisotopic (exact) mass is 259 g/mol. The second-order valence-corrected chi connectivity index (χ2v) is 6.18. The first-order valence-electron chi connectivity index (χ1n) is 7.44. The van der Waals surface area contributed by atoms with Gasteiger partial charge in [-0.3, -0.25) is 4.90 Å². The molecule has 0 bridgehead atoms. The molecule has 0 saturated carbocycles. The Labute approximate surface area is 116 Å². The molecule has 1 aromatic carbocycles. The van der Waals surface area contributed by atoms with Gasteiger partial charge in [-0.25, -0.2) is 0 Å². The molecule has 19 heavy (non-hydrogen) atoms. The lowest BCUT2D eigenvalue weighted by molar-refractivity contribution is 0.109. The first kappa shape index (κ1) is 13.1. The number of benzene rings is 1. The van der Waals surface area contributed by atoms with Gasteiger partial charge in [-0.05, 0) is 44.0 Å². The molecular formula is C16H25N3. The Morgan fingerprint density at radius 3 is 2.74 bits per heavy atom. The van der Waals surface area contributed by atoms with Crippen LogP contribution < -0.4 is 5.73 Å². The number of fused-ring (bicyclic) bond motifs is 1. The van der Waals surface area contributed by atoms with Crippen molar-refractivity contribution in [1.82, 2.24) is 9.80 Å². The molecule has 0 radical (unpaired) electrons. The lowest BCUT2D eigenvalue weighted by atomic mass is 9.85. The Morgan fingerprint density at radius 2 is 2.00 bits per heavy atom. The number of nitrogens with two attached hydrogens (primary N) is 1. The lowest BCUT2D eigenvalue weighted by Gasteiger charge is -2.38. The SMILES string of the molecule is CN1CC(CN)C2CN(Cc3ccccc3)CCC21. The zero-order chi connectivity index (χ0) is 13.2. The van der Waals surface area contributed by atoms with Crippen LogP contribution in [0.4, 0.5) is 0 Å². The highest BCUT2D eigenvalue weighted by Crippen LogP contribution is 2.34. The summed E-state index contributed by atoms with van der Waals surface area (Å²) in [5.74, 6) is 1.46. The normalized spacial score (nSPS) is 32.4. The van der Waals surface area contributed by atoms with E-state index >= 15 is 0 Å². The summed E-state index contributed by atoms with van der Waals surface area (Å²) in [6, 6.07) is 11.6. The van der Waals surface area contributed by atoms with Crippen LogP contribution in [0.2, 0.25) is 0 Å². The highest BCUT2D eigenvalue weighted by molar-refractivity contribution is 5.14. The summed E-state index contributed by atoms with van der Waals surface area (Å²) in [5.41, 5.74) is 7.38. The van der Waals surface area contributed by atoms with E-state index in [-0.39, 0.29) is 0 Å². The van der Waals surface area contributed by atoms with Crippen LogP contribution in [0.25, 0.3) is 0 Å². The van der Waals surface area contributed by atoms with Crippen molar-refractivity contribution in [2.75, 3.05) is 33.2 Å². The van der Waals surface area contributed by atoms with E-state index in [1.165, 1.54) is 31.6 Å². The van der Waals surface area contributed by atoms with Crippen LogP contribution in [0, 0.1) is 11.8 Å². The van der Waals surface area contributed by atoms with Gasteiger partial charge in [-0.1, -0.05) is 30.3 Å². The van der Waals surface area contributed by atoms with Gasteiger partial charge in [0.1, 0.15) is 0 Å². The van der Waals surface area contributed by atoms with E-state index in [1.54, 1.807) is 0 Å². The Balaban J connectivity index is 1.65. The van der Waals surface area contributed by atoms with Gasteiger partial charge in [0, 0.05) is 25.7 Å². The minimum absolute atomic E-state index is 0.688. The fourth-order valence-corrected chi connectivity index (χ4v) is 3.93. The average Bonchev–Trinajstić information content (AvgIpc) is 2.76. The van der Waals surface area contributed by atoms with Crippen molar-refractivity contribution in [2.45, 2.75) is 19.0 Å². The van der Waals surface area contributed by atoms with Crippen LogP contribution in [-0.4, -0.2) is 49.1 Å². The van der Waals surface area contributed by atoms with Crippen molar-refractivity contribution in [3.8, 4) is 0 Å². The van der Waals surface area contributed by atoms with Gasteiger partial charge in [0.25, 0.3) is 0 Å². The van der Waals surface area contributed by atoms with E-state index in [1.807, 2.05) is 0 Å². The van der Waals surface area contributed by atoms with Gasteiger partial charge in [0.05, 0.1) is 0 Å². The van der Waals surface area contributed by atoms with Gasteiger partial charge < -0.3 is 10.6 Å². The van der Waals surface area contributed by atoms with Gasteiger partial charge >= 0.3 is 0 Å². The van der Waals surface area contributed by atoms with E-state index in [4.69, 9.17) is 5.73 Å². The maximum absolute atomic E-state index is 5.96. The van der Waals surface area contributed by atoms with Crippen LogP contribution in [0.1, 0.15) is 12.0 Å². The van der Waals surface area contributed by atoms with E-state index in [0.29, 0.717) is 5.92 Å². The van der Waals surface area contributed by atoms with Crippen molar-refractivity contribution >= 4 is 0 Å². The average molecular weight is 259 g/mol. The summed E-state index contributed by atoms with van der Waals surface area (Å²) in [6.45, 7) is 5.55. The van der Waals surface area contributed by atoms with Crippen LogP contribution >= 0.6 is 0 Å². The first-order chi connectivity index (χ1) is 9.28. The number of nitrogens with zero attached hydrogens (tertiary/aromatic N) is 2. The Morgan fingerprint density at radius 1 is 1.21 bits per heavy atom. The fourth-order valence-electron chi connectivity index (χ4n) is 3.93. The molecule has 2 N–H and O–H groups in total. The number of likely N-dealkylation sites (tertiary alicyclic amines) is 2. The molecule has 0 aromatic heterocycles. The number of piperidine rings is 1. The number of hydrogen-bond donors (Lipinski definition) is 1. The summed E-state index contributed by atoms with van der Waals surface area (Å²) in [4.78, 5) is 5.14. The zero-order valence-corrected chi connectivity index (χ0v) is 11.8. The van der Waals surface area contributed by atoms with Crippen LogP contribution in [0.5, 0.6) is 0 Å². The summed E-state index contributed by atoms with van der Waals surface area (Å²) in [7, 11) is 2.26. The predicted octanol–water partition coefficient (Wildman–Crippen LogP) is 1.40. The molecule has 3 heteroatoms. The Hall–Kier alpha value is -0.900. The largest absolute Gasteiger partial charge is 0.330 e. The Bertz CT molecular complexity index is 406. The second kappa shape index (κ2) is 5.61. The summed E-state index contributed by atoms with van der Waals surface area (Å²) in [5, 5.41) is 0. The van der Waals surface area contributed by atoms with Gasteiger partial charge in [0.15, 0.2) is 0 Å². The van der Waals surface area contributed by atoms with Gasteiger partial charge in [-0.2, -0.15) is 0 Å². The number of rotatable bonds is 3. The molecule has 2 heterocycles. The highest BCUT2D eigenvalue weighted by atomic mass is 15.2. The highest BCUT2D eigenvalue weighted by Gasteiger charge is 2.42. The first-order valence-corrected chi connectivity index (χ1v) is 7.44. The molecule has 2 fully saturated rings. The van der Waals surface area contributed by atoms with Crippen LogP contribution in [-0.2, 0) is 6.54 Å². The standard InChI is InChI=1S/C16H25N3/c1-18-11-14(9-17)15-12-19(8-7-16(15)18)10-13-5-3-2-4-6-13/h2-6,14-16H,7-12,17H2,1H3. The van der Waals surface area contributed by atoms with Gasteiger partial charge in [0.2, 0.25) is 0 Å². The van der Waals surface area contributed by atoms with E-state index in [2.05, 4.69) is 47.2 Å². The lowest BCUT2D eigenvalue weighted by Crippen LogP contribution is -2.46. The summed E-state index contributed by atoms with van der Waals surface area (Å²) < 4.78 is 0. The van der Waals surface area contributed by atoms with Crippen LogP contribution in [0.15, 0.2) is 30.3 Å². The summed E-state index contributed by atoms with van der Waals surface area (Å²) >= 11 is 0. The minimum atomic E-state index is 0.688. The molecule has 0 spiro atoms. The van der Waals surface area contributed by atoms with E-state index in [9.17, 15) is 0 Å². The third-order valence-electron chi connectivity index (χ3n) is 4.95. The molecular weight excluding hydrogens is 234 g/mol. The van der Waals surface area contributed by atoms with Gasteiger partial charge in [-0.15, -0.1) is 0 Å². The molecule has 1 aromatic rings. The molecule has 104 valence electrons. The van der Waals surface area contributed by atoms with Crippen molar-refractivity contribution in [3.63, 3.8) is 0 Å². The van der Waals surface area contributed by atoms with E-state index in [0.717, 1.165) is 25.0 Å². The third kappa shape index (κ3) is 2.69. The number of hydrogen-bond acceptors (Lipinski definition) is 3. The second-order valence-electron chi connectivity index (χ2n) is 6.18. The Kier molecular flexibility index (Phi) is 3.87. The third-order valence-corrected chi connectivity index (χ3v) is 4.95. The molecule has 3 nitrogen and oxygen atoms in total. The zero-order valence-electron chi connectivity index (χ0n) is 11.8. The molecule has 3 unspecified atom stereocenters. The van der Waals surface area contributed by atoms with Crippen LogP contribution in [0.3, 0.4) is 0 Å². The maximum Gasteiger partial charge on any atom is 0.0233 e. The van der Waals surface area contributed by atoms with Crippen molar-refractivity contribution in [1.29, 1.82) is 0 Å². The quantitative estimate of drug-likeness (QED) is 0.890. The molecule has 3 rings (SSSR count). The molecule has 2 aliphatic rings. The van der Waals surface area contributed by atoms with Crippen molar-refractivity contribution < 1.29 is 0 Å². The molecule has 0 amide bonds. The maximum atomic E-state index is 5.96. The molecule has 2 saturated heterocycles.